The first-order chi connectivity index (χ1) is 11.2. The molecule has 7 nitrogen and oxygen atoms in total. The molecule has 0 spiro atoms. The molecule has 0 radical (unpaired) electrons. The zero-order chi connectivity index (χ0) is 18.8. The van der Waals surface area contributed by atoms with Gasteiger partial charge in [0.15, 0.2) is 5.60 Å². The SMILES string of the molecule is CCC(COC(=O)OC(C)CCl)OC(C)(C)C(=O)OCC(C)OC. The third-order valence-electron chi connectivity index (χ3n) is 3.16. The summed E-state index contributed by atoms with van der Waals surface area (Å²) in [4.78, 5) is 23.6. The molecule has 0 saturated heterocycles. The van der Waals surface area contributed by atoms with Crippen LogP contribution in [0.4, 0.5) is 4.79 Å². The van der Waals surface area contributed by atoms with Gasteiger partial charge in [-0.1, -0.05) is 6.92 Å². The van der Waals surface area contributed by atoms with Gasteiger partial charge in [-0.2, -0.15) is 0 Å². The normalized spacial score (nSPS) is 15.3. The Kier molecular flexibility index (Phi) is 11.0. The summed E-state index contributed by atoms with van der Waals surface area (Å²) in [6.45, 7) is 8.61. The lowest BCUT2D eigenvalue weighted by Crippen LogP contribution is -2.42. The molecular formula is C16H29ClO7. The van der Waals surface area contributed by atoms with Crippen molar-refractivity contribution in [2.75, 3.05) is 26.2 Å². The van der Waals surface area contributed by atoms with Gasteiger partial charge >= 0.3 is 12.1 Å². The van der Waals surface area contributed by atoms with Gasteiger partial charge < -0.3 is 23.7 Å². The molecule has 0 fully saturated rings. The summed E-state index contributed by atoms with van der Waals surface area (Å²) in [5.41, 5.74) is -1.18. The molecule has 3 unspecified atom stereocenters. The number of halogens is 1. The number of ether oxygens (including phenoxy) is 5. The summed E-state index contributed by atoms with van der Waals surface area (Å²) in [6.07, 6.45) is -1.38. The first kappa shape index (κ1) is 22.9. The molecule has 0 aromatic heterocycles. The molecule has 0 aromatic rings. The third-order valence-corrected chi connectivity index (χ3v) is 3.60. The highest BCUT2D eigenvalue weighted by Crippen LogP contribution is 2.17. The number of hydrogen-bond acceptors (Lipinski definition) is 7. The molecule has 24 heavy (non-hydrogen) atoms. The molecule has 0 aromatic carbocycles. The number of methoxy groups -OCH3 is 1. The second-order valence-electron chi connectivity index (χ2n) is 5.95. The fraction of sp³-hybridized carbons (Fsp3) is 0.875. The standard InChI is InChI=1S/C16H29ClO7/c1-7-13(10-22-15(19)23-11(2)8-17)24-16(4,5)14(18)21-9-12(3)20-6/h11-13H,7-10H2,1-6H3. The Morgan fingerprint density at radius 3 is 2.21 bits per heavy atom. The Hall–Kier alpha value is -1.05. The fourth-order valence-corrected chi connectivity index (χ4v) is 1.59. The molecular weight excluding hydrogens is 340 g/mol. The smallest absolute Gasteiger partial charge is 0.461 e. The van der Waals surface area contributed by atoms with Crippen LogP contribution in [0.3, 0.4) is 0 Å². The molecule has 0 aliphatic carbocycles. The Bertz CT molecular complexity index is 387. The predicted octanol–water partition coefficient (Wildman–Crippen LogP) is 2.92. The van der Waals surface area contributed by atoms with E-state index in [-0.39, 0.29) is 25.2 Å². The van der Waals surface area contributed by atoms with Crippen LogP contribution in [0.25, 0.3) is 0 Å². The average Bonchev–Trinajstić information content (AvgIpc) is 2.55. The Morgan fingerprint density at radius 2 is 1.71 bits per heavy atom. The quantitative estimate of drug-likeness (QED) is 0.409. The molecule has 0 saturated carbocycles. The highest BCUT2D eigenvalue weighted by atomic mass is 35.5. The van der Waals surface area contributed by atoms with Crippen molar-refractivity contribution in [3.63, 3.8) is 0 Å². The molecule has 3 atom stereocenters. The minimum atomic E-state index is -1.18. The first-order valence-corrected chi connectivity index (χ1v) is 8.46. The minimum absolute atomic E-state index is 0.0322. The molecule has 0 aliphatic heterocycles. The summed E-state index contributed by atoms with van der Waals surface area (Å²) in [5, 5.41) is 0. The number of alkyl halides is 1. The Labute approximate surface area is 148 Å². The highest BCUT2D eigenvalue weighted by molar-refractivity contribution is 6.18. The molecule has 0 heterocycles. The summed E-state index contributed by atoms with van der Waals surface area (Å²) in [6, 6.07) is 0. The van der Waals surface area contributed by atoms with Crippen molar-refractivity contribution in [1.82, 2.24) is 0 Å². The number of carbonyl (C=O) groups is 2. The van der Waals surface area contributed by atoms with E-state index in [9.17, 15) is 9.59 Å². The van der Waals surface area contributed by atoms with Crippen LogP contribution in [0.1, 0.15) is 41.0 Å². The second-order valence-corrected chi connectivity index (χ2v) is 6.26. The van der Waals surface area contributed by atoms with Gasteiger partial charge in [-0.25, -0.2) is 9.59 Å². The van der Waals surface area contributed by atoms with Gasteiger partial charge in [-0.15, -0.1) is 11.6 Å². The molecule has 0 amide bonds. The molecule has 8 heteroatoms. The van der Waals surface area contributed by atoms with Crippen molar-refractivity contribution < 1.29 is 33.3 Å². The van der Waals surface area contributed by atoms with E-state index in [2.05, 4.69) is 0 Å². The van der Waals surface area contributed by atoms with Crippen molar-refractivity contribution in [2.24, 2.45) is 0 Å². The van der Waals surface area contributed by atoms with Crippen LogP contribution in [0.5, 0.6) is 0 Å². The number of esters is 1. The summed E-state index contributed by atoms with van der Waals surface area (Å²) in [7, 11) is 1.54. The molecule has 0 aliphatic rings. The molecule has 0 N–H and O–H groups in total. The topological polar surface area (TPSA) is 80.3 Å². The lowest BCUT2D eigenvalue weighted by atomic mass is 10.1. The van der Waals surface area contributed by atoms with E-state index >= 15 is 0 Å². The van der Waals surface area contributed by atoms with Gasteiger partial charge in [0.1, 0.15) is 19.3 Å². The number of rotatable bonds is 11. The van der Waals surface area contributed by atoms with E-state index in [0.29, 0.717) is 6.42 Å². The van der Waals surface area contributed by atoms with Crippen LogP contribution in [0.2, 0.25) is 0 Å². The Balaban J connectivity index is 4.41. The monoisotopic (exact) mass is 368 g/mol. The predicted molar refractivity (Wildman–Crippen MR) is 89.3 cm³/mol. The zero-order valence-electron chi connectivity index (χ0n) is 15.3. The lowest BCUT2D eigenvalue weighted by molar-refractivity contribution is -0.180. The van der Waals surface area contributed by atoms with E-state index in [0.717, 1.165) is 0 Å². The van der Waals surface area contributed by atoms with Crippen LogP contribution in [0.15, 0.2) is 0 Å². The largest absolute Gasteiger partial charge is 0.508 e. The minimum Gasteiger partial charge on any atom is -0.461 e. The maximum Gasteiger partial charge on any atom is 0.508 e. The second kappa shape index (κ2) is 11.5. The van der Waals surface area contributed by atoms with Crippen LogP contribution in [0, 0.1) is 0 Å². The van der Waals surface area contributed by atoms with Gasteiger partial charge in [0.05, 0.1) is 18.1 Å². The van der Waals surface area contributed by atoms with Crippen molar-refractivity contribution in [1.29, 1.82) is 0 Å². The van der Waals surface area contributed by atoms with E-state index < -0.39 is 29.9 Å². The maximum absolute atomic E-state index is 12.1. The third kappa shape index (κ3) is 9.30. The summed E-state index contributed by atoms with van der Waals surface area (Å²) < 4.78 is 25.8. The molecule has 142 valence electrons. The van der Waals surface area contributed by atoms with Gasteiger partial charge in [-0.05, 0) is 34.1 Å². The Morgan fingerprint density at radius 1 is 1.08 bits per heavy atom. The van der Waals surface area contributed by atoms with Crippen molar-refractivity contribution >= 4 is 23.7 Å². The average molecular weight is 369 g/mol. The van der Waals surface area contributed by atoms with E-state index in [4.69, 9.17) is 35.3 Å². The van der Waals surface area contributed by atoms with Crippen molar-refractivity contribution in [3.8, 4) is 0 Å². The first-order valence-electron chi connectivity index (χ1n) is 7.93. The van der Waals surface area contributed by atoms with Crippen molar-refractivity contribution in [3.05, 3.63) is 0 Å². The van der Waals surface area contributed by atoms with E-state index in [1.165, 1.54) is 7.11 Å². The van der Waals surface area contributed by atoms with Gasteiger partial charge in [0, 0.05) is 7.11 Å². The van der Waals surface area contributed by atoms with Crippen LogP contribution < -0.4 is 0 Å². The van der Waals surface area contributed by atoms with Gasteiger partial charge in [-0.3, -0.25) is 0 Å². The van der Waals surface area contributed by atoms with Gasteiger partial charge in [0.25, 0.3) is 0 Å². The van der Waals surface area contributed by atoms with Crippen LogP contribution in [-0.2, 0) is 28.5 Å². The van der Waals surface area contributed by atoms with Crippen molar-refractivity contribution in [2.45, 2.75) is 65.0 Å². The summed E-state index contributed by atoms with van der Waals surface area (Å²) >= 11 is 5.55. The maximum atomic E-state index is 12.1. The molecule has 0 rings (SSSR count). The fourth-order valence-electron chi connectivity index (χ4n) is 1.53. The summed E-state index contributed by atoms with van der Waals surface area (Å²) in [5.74, 6) is -0.329. The molecule has 0 bridgehead atoms. The zero-order valence-corrected chi connectivity index (χ0v) is 16.1. The highest BCUT2D eigenvalue weighted by Gasteiger charge is 2.34. The number of carbonyl (C=O) groups excluding carboxylic acids is 2. The van der Waals surface area contributed by atoms with E-state index in [1.54, 1.807) is 27.7 Å². The van der Waals surface area contributed by atoms with Crippen LogP contribution in [-0.4, -0.2) is 62.2 Å². The number of hydrogen-bond donors (Lipinski definition) is 0. The van der Waals surface area contributed by atoms with Gasteiger partial charge in [0.2, 0.25) is 0 Å². The van der Waals surface area contributed by atoms with Crippen LogP contribution >= 0.6 is 11.6 Å². The lowest BCUT2D eigenvalue weighted by Gasteiger charge is -2.28. The van der Waals surface area contributed by atoms with E-state index in [1.807, 2.05) is 6.92 Å².